The van der Waals surface area contributed by atoms with Crippen LogP contribution in [0.3, 0.4) is 0 Å². The zero-order valence-corrected chi connectivity index (χ0v) is 22.2. The van der Waals surface area contributed by atoms with Crippen molar-refractivity contribution >= 4 is 35.6 Å². The first kappa shape index (κ1) is 32.8. The molecule has 0 aliphatic heterocycles. The van der Waals surface area contributed by atoms with E-state index in [9.17, 15) is 29.1 Å². The lowest BCUT2D eigenvalue weighted by molar-refractivity contribution is -0.143. The van der Waals surface area contributed by atoms with Crippen molar-refractivity contribution in [1.29, 1.82) is 0 Å². The molecule has 0 bridgehead atoms. The van der Waals surface area contributed by atoms with Gasteiger partial charge in [-0.15, -0.1) is 0 Å². The summed E-state index contributed by atoms with van der Waals surface area (Å²) in [7, 11) is 0. The third-order valence-corrected chi connectivity index (χ3v) is 6.00. The van der Waals surface area contributed by atoms with Crippen LogP contribution in [0.4, 0.5) is 0 Å². The number of guanidine groups is 1. The van der Waals surface area contributed by atoms with Gasteiger partial charge in [-0.1, -0.05) is 20.3 Å². The van der Waals surface area contributed by atoms with Gasteiger partial charge in [0.2, 0.25) is 23.6 Å². The molecule has 0 aliphatic rings. The van der Waals surface area contributed by atoms with Crippen LogP contribution in [-0.2, 0) is 30.4 Å². The molecule has 16 nitrogen and oxygen atoms in total. The molecular weight excluding hydrogens is 512 g/mol. The molecule has 218 valence electrons. The molecule has 1 rings (SSSR count). The molecule has 39 heavy (non-hydrogen) atoms. The van der Waals surface area contributed by atoms with Crippen molar-refractivity contribution in [2.24, 2.45) is 33.8 Å². The van der Waals surface area contributed by atoms with Gasteiger partial charge in [0.15, 0.2) is 5.96 Å². The lowest BCUT2D eigenvalue weighted by atomic mass is 9.96. The number of aliphatic carboxylic acids is 1. The minimum atomic E-state index is -1.39. The van der Waals surface area contributed by atoms with Crippen molar-refractivity contribution in [3.05, 3.63) is 18.2 Å². The number of H-pyrrole nitrogens is 1. The summed E-state index contributed by atoms with van der Waals surface area (Å²) in [4.78, 5) is 72.4. The third kappa shape index (κ3) is 12.3. The average Bonchev–Trinajstić information content (AvgIpc) is 3.38. The van der Waals surface area contributed by atoms with E-state index < -0.39 is 59.7 Å². The molecule has 1 aromatic rings. The van der Waals surface area contributed by atoms with Gasteiger partial charge >= 0.3 is 5.97 Å². The Hall–Kier alpha value is -4.21. The lowest BCUT2D eigenvalue weighted by Crippen LogP contribution is -2.58. The van der Waals surface area contributed by atoms with Gasteiger partial charge in [-0.2, -0.15) is 0 Å². The zero-order chi connectivity index (χ0) is 29.5. The van der Waals surface area contributed by atoms with E-state index in [1.165, 1.54) is 12.5 Å². The Kier molecular flexibility index (Phi) is 14.0. The van der Waals surface area contributed by atoms with Crippen LogP contribution in [0.2, 0.25) is 0 Å². The van der Waals surface area contributed by atoms with Gasteiger partial charge in [0.25, 0.3) is 0 Å². The summed E-state index contributed by atoms with van der Waals surface area (Å²) in [6, 6.07) is -4.60. The molecule has 0 aliphatic carbocycles. The number of hydrogen-bond acceptors (Lipinski definition) is 8. The third-order valence-electron chi connectivity index (χ3n) is 6.00. The fraction of sp³-hybridized carbons (Fsp3) is 0.609. The Labute approximate surface area is 226 Å². The van der Waals surface area contributed by atoms with Crippen molar-refractivity contribution in [1.82, 2.24) is 25.9 Å². The molecule has 1 aromatic heterocycles. The molecule has 1 heterocycles. The predicted molar refractivity (Wildman–Crippen MR) is 141 cm³/mol. The number of hydrogen-bond donors (Lipinski definition) is 9. The number of nitrogens with zero attached hydrogens (tertiary/aromatic N) is 2. The van der Waals surface area contributed by atoms with Gasteiger partial charge < -0.3 is 49.0 Å². The van der Waals surface area contributed by atoms with Crippen molar-refractivity contribution < 1.29 is 29.1 Å². The van der Waals surface area contributed by atoms with E-state index in [-0.39, 0.29) is 38.2 Å². The minimum absolute atomic E-state index is 0.121. The maximum atomic E-state index is 13.3. The first-order chi connectivity index (χ1) is 18.3. The van der Waals surface area contributed by atoms with Crippen molar-refractivity contribution in [2.45, 2.75) is 76.5 Å². The maximum absolute atomic E-state index is 13.3. The van der Waals surface area contributed by atoms with E-state index in [0.29, 0.717) is 18.5 Å². The average molecular weight is 553 g/mol. The molecule has 0 radical (unpaired) electrons. The second-order valence-electron chi connectivity index (χ2n) is 9.17. The second-order valence-corrected chi connectivity index (χ2v) is 9.17. The van der Waals surface area contributed by atoms with Gasteiger partial charge in [0, 0.05) is 31.3 Å². The Morgan fingerprint density at radius 1 is 1.03 bits per heavy atom. The molecule has 13 N–H and O–H groups in total. The number of rotatable bonds is 18. The molecule has 16 heteroatoms. The fourth-order valence-electron chi connectivity index (χ4n) is 3.54. The van der Waals surface area contributed by atoms with E-state index in [4.69, 9.17) is 22.9 Å². The second kappa shape index (κ2) is 16.6. The highest BCUT2D eigenvalue weighted by Gasteiger charge is 2.32. The van der Waals surface area contributed by atoms with Crippen LogP contribution in [-0.4, -0.2) is 81.3 Å². The minimum Gasteiger partial charge on any atom is -0.480 e. The Balaban J connectivity index is 3.03. The van der Waals surface area contributed by atoms with Crippen molar-refractivity contribution in [3.63, 3.8) is 0 Å². The number of amides is 4. The quantitative estimate of drug-likeness (QED) is 0.0511. The summed E-state index contributed by atoms with van der Waals surface area (Å²) in [5.41, 5.74) is 22.4. The Bertz CT molecular complexity index is 996. The van der Waals surface area contributed by atoms with Crippen LogP contribution >= 0.6 is 0 Å². The van der Waals surface area contributed by atoms with E-state index in [1.807, 2.05) is 0 Å². The van der Waals surface area contributed by atoms with Crippen LogP contribution in [0.25, 0.3) is 0 Å². The summed E-state index contributed by atoms with van der Waals surface area (Å²) in [6.07, 6.45) is 3.56. The fourth-order valence-corrected chi connectivity index (χ4v) is 3.54. The van der Waals surface area contributed by atoms with Crippen molar-refractivity contribution in [2.75, 3.05) is 6.54 Å². The van der Waals surface area contributed by atoms with Gasteiger partial charge in [-0.3, -0.25) is 24.2 Å². The number of imidazole rings is 1. The molecule has 5 atom stereocenters. The number of carboxylic acids is 1. The molecule has 5 unspecified atom stereocenters. The van der Waals surface area contributed by atoms with Crippen LogP contribution in [0.5, 0.6) is 0 Å². The Morgan fingerprint density at radius 3 is 2.23 bits per heavy atom. The van der Waals surface area contributed by atoms with E-state index in [2.05, 4.69) is 30.9 Å². The molecule has 0 aromatic carbocycles. The summed E-state index contributed by atoms with van der Waals surface area (Å²) in [5.74, 6) is -4.63. The van der Waals surface area contributed by atoms with Gasteiger partial charge in [0.1, 0.15) is 18.1 Å². The van der Waals surface area contributed by atoms with Crippen LogP contribution in [0.15, 0.2) is 17.5 Å². The van der Waals surface area contributed by atoms with Gasteiger partial charge in [-0.05, 0) is 25.2 Å². The number of nitrogens with one attached hydrogen (secondary N) is 4. The van der Waals surface area contributed by atoms with Crippen LogP contribution in [0, 0.1) is 5.92 Å². The first-order valence-electron chi connectivity index (χ1n) is 12.6. The molecule has 0 saturated heterocycles. The smallest absolute Gasteiger partial charge is 0.326 e. The number of nitrogens with two attached hydrogens (primary N) is 4. The molecular formula is C23H40N10O6. The monoisotopic (exact) mass is 552 g/mol. The lowest BCUT2D eigenvalue weighted by Gasteiger charge is -2.28. The number of carbonyl (C=O) groups excluding carboxylic acids is 4. The van der Waals surface area contributed by atoms with Gasteiger partial charge in [-0.25, -0.2) is 9.78 Å². The van der Waals surface area contributed by atoms with Crippen LogP contribution in [0.1, 0.15) is 51.6 Å². The highest BCUT2D eigenvalue weighted by molar-refractivity contribution is 5.94. The summed E-state index contributed by atoms with van der Waals surface area (Å²) < 4.78 is 0. The Morgan fingerprint density at radius 2 is 1.69 bits per heavy atom. The maximum Gasteiger partial charge on any atom is 0.326 e. The number of carbonyl (C=O) groups is 5. The SMILES string of the molecule is CCC(C)C(NC(=O)C(CCCN=C(N)N)NC(=O)C(N)Cc1cnc[nH]1)C(=O)NC(CCC(N)=O)C(=O)O. The number of primary amides is 1. The normalized spacial score (nSPS) is 14.6. The van der Waals surface area contributed by atoms with E-state index >= 15 is 0 Å². The summed E-state index contributed by atoms with van der Waals surface area (Å²) >= 11 is 0. The summed E-state index contributed by atoms with van der Waals surface area (Å²) in [5, 5.41) is 17.0. The largest absolute Gasteiger partial charge is 0.480 e. The number of aromatic amines is 1. The highest BCUT2D eigenvalue weighted by atomic mass is 16.4. The standard InChI is InChI=1S/C23H40N10O6/c1-3-12(2)18(21(37)32-16(22(38)39)6-7-17(25)34)33-20(36)15(5-4-8-29-23(26)27)31-19(35)14(24)9-13-10-28-11-30-13/h10-12,14-16,18H,3-9,24H2,1-2H3,(H2,25,34)(H,28,30)(H,31,35)(H,32,37)(H,33,36)(H,38,39)(H4,26,27,29). The highest BCUT2D eigenvalue weighted by Crippen LogP contribution is 2.11. The van der Waals surface area contributed by atoms with E-state index in [1.54, 1.807) is 13.8 Å². The topological polar surface area (TPSA) is 287 Å². The molecule has 4 amide bonds. The summed E-state index contributed by atoms with van der Waals surface area (Å²) in [6.45, 7) is 3.69. The number of aliphatic imine (C=N–C) groups is 1. The van der Waals surface area contributed by atoms with Gasteiger partial charge in [0.05, 0.1) is 12.4 Å². The number of carboxylic acid groups (broad SMARTS) is 1. The van der Waals surface area contributed by atoms with Crippen LogP contribution < -0.4 is 38.9 Å². The predicted octanol–water partition coefficient (Wildman–Crippen LogP) is -2.82. The number of aromatic nitrogens is 2. The van der Waals surface area contributed by atoms with E-state index in [0.717, 1.165) is 0 Å². The molecule has 0 saturated carbocycles. The first-order valence-corrected chi connectivity index (χ1v) is 12.6. The zero-order valence-electron chi connectivity index (χ0n) is 22.2. The molecule has 0 fully saturated rings. The molecule has 0 spiro atoms. The van der Waals surface area contributed by atoms with Crippen molar-refractivity contribution in [3.8, 4) is 0 Å².